The number of nitrogens with one attached hydrogen (secondary N) is 1. The molecule has 6 nitrogen and oxygen atoms in total. The summed E-state index contributed by atoms with van der Waals surface area (Å²) < 4.78 is 27.5. The molecule has 1 aromatic carbocycles. The number of amides is 1. The summed E-state index contributed by atoms with van der Waals surface area (Å²) in [6.07, 6.45) is 1.06. The molecule has 3 aliphatic heterocycles. The summed E-state index contributed by atoms with van der Waals surface area (Å²) in [5.41, 5.74) is 0.572. The number of hydrogen-bond donors (Lipinski definition) is 1. The molecule has 1 aromatic rings. The summed E-state index contributed by atoms with van der Waals surface area (Å²) in [5, 5.41) is 3.38. The van der Waals surface area contributed by atoms with Crippen molar-refractivity contribution in [1.29, 1.82) is 0 Å². The van der Waals surface area contributed by atoms with Gasteiger partial charge in [0.05, 0.1) is 4.90 Å². The van der Waals surface area contributed by atoms with Gasteiger partial charge in [0.25, 0.3) is 5.91 Å². The number of piperidine rings is 1. The third kappa shape index (κ3) is 3.65. The topological polar surface area (TPSA) is 69.7 Å². The lowest BCUT2D eigenvalue weighted by Crippen LogP contribution is -2.42. The normalized spacial score (nSPS) is 31.9. The molecule has 4 atom stereocenters. The molecule has 3 saturated heterocycles. The fourth-order valence-electron chi connectivity index (χ4n) is 4.92. The minimum Gasteiger partial charge on any atom is -0.338 e. The van der Waals surface area contributed by atoms with Gasteiger partial charge in [-0.15, -0.1) is 0 Å². The Balaban J connectivity index is 1.47. The highest BCUT2D eigenvalue weighted by atomic mass is 32.2. The Hall–Kier alpha value is -1.44. The standard InChI is InChI=1S/C20H29N3O3S/c1-14-7-15(2)11-23(10-14)27(25,26)19-5-3-16(4-6-19)20(24)22-12-17-8-21-9-18(17)13-22/h3-6,14-15,17-18,21H,7-13H2,1-2H3/t14?,15?,17-,18+. The fourth-order valence-corrected chi connectivity index (χ4v) is 6.60. The highest BCUT2D eigenvalue weighted by Gasteiger charge is 2.38. The summed E-state index contributed by atoms with van der Waals surface area (Å²) in [6.45, 7) is 8.88. The molecule has 27 heavy (non-hydrogen) atoms. The zero-order valence-electron chi connectivity index (χ0n) is 16.1. The van der Waals surface area contributed by atoms with Gasteiger partial charge in [-0.05, 0) is 54.4 Å². The van der Waals surface area contributed by atoms with Crippen molar-refractivity contribution in [3.8, 4) is 0 Å². The second kappa shape index (κ2) is 7.18. The number of nitrogens with zero attached hydrogens (tertiary/aromatic N) is 2. The van der Waals surface area contributed by atoms with Crippen LogP contribution in [0.15, 0.2) is 29.2 Å². The van der Waals surface area contributed by atoms with E-state index >= 15 is 0 Å². The van der Waals surface area contributed by atoms with Crippen molar-refractivity contribution >= 4 is 15.9 Å². The first-order chi connectivity index (χ1) is 12.8. The molecule has 0 aromatic heterocycles. The van der Waals surface area contributed by atoms with Crippen molar-refractivity contribution in [1.82, 2.24) is 14.5 Å². The second-order valence-corrected chi connectivity index (χ2v) is 10.6. The number of carbonyl (C=O) groups excluding carboxylic acids is 1. The average Bonchev–Trinajstić information content (AvgIpc) is 3.22. The predicted molar refractivity (Wildman–Crippen MR) is 104 cm³/mol. The highest BCUT2D eigenvalue weighted by Crippen LogP contribution is 2.29. The molecule has 1 N–H and O–H groups in total. The number of benzene rings is 1. The quantitative estimate of drug-likeness (QED) is 0.851. The van der Waals surface area contributed by atoms with Gasteiger partial charge in [0.1, 0.15) is 0 Å². The van der Waals surface area contributed by atoms with Crippen molar-refractivity contribution in [3.63, 3.8) is 0 Å². The van der Waals surface area contributed by atoms with Gasteiger partial charge in [-0.2, -0.15) is 4.31 Å². The molecule has 0 spiro atoms. The van der Waals surface area contributed by atoms with Crippen LogP contribution in [-0.2, 0) is 10.0 Å². The Labute approximate surface area is 162 Å². The van der Waals surface area contributed by atoms with E-state index in [1.165, 1.54) is 0 Å². The predicted octanol–water partition coefficient (Wildman–Crippen LogP) is 1.64. The Morgan fingerprint density at radius 3 is 2.07 bits per heavy atom. The molecule has 1 amide bonds. The maximum Gasteiger partial charge on any atom is 0.253 e. The molecule has 0 bridgehead atoms. The maximum absolute atomic E-state index is 13.0. The van der Waals surface area contributed by atoms with Crippen LogP contribution in [0, 0.1) is 23.7 Å². The van der Waals surface area contributed by atoms with E-state index in [0.717, 1.165) is 32.6 Å². The van der Waals surface area contributed by atoms with Crippen molar-refractivity contribution < 1.29 is 13.2 Å². The second-order valence-electron chi connectivity index (χ2n) is 8.68. The summed E-state index contributed by atoms with van der Waals surface area (Å²) >= 11 is 0. The summed E-state index contributed by atoms with van der Waals surface area (Å²) in [4.78, 5) is 15.0. The van der Waals surface area contributed by atoms with Crippen LogP contribution in [0.1, 0.15) is 30.6 Å². The molecule has 3 fully saturated rings. The minimum absolute atomic E-state index is 0.00793. The van der Waals surface area contributed by atoms with E-state index in [9.17, 15) is 13.2 Å². The average molecular weight is 392 g/mol. The van der Waals surface area contributed by atoms with E-state index in [0.29, 0.717) is 42.3 Å². The minimum atomic E-state index is -3.50. The third-order valence-electron chi connectivity index (χ3n) is 6.25. The van der Waals surface area contributed by atoms with Crippen LogP contribution in [0.4, 0.5) is 0 Å². The first-order valence-electron chi connectivity index (χ1n) is 9.95. The molecule has 0 radical (unpaired) electrons. The zero-order valence-corrected chi connectivity index (χ0v) is 16.9. The third-order valence-corrected chi connectivity index (χ3v) is 8.10. The summed E-state index contributed by atoms with van der Waals surface area (Å²) in [7, 11) is -3.50. The van der Waals surface area contributed by atoms with Gasteiger partial charge in [0, 0.05) is 44.8 Å². The lowest BCUT2D eigenvalue weighted by molar-refractivity contribution is 0.0781. The Morgan fingerprint density at radius 2 is 1.52 bits per heavy atom. The van der Waals surface area contributed by atoms with Gasteiger partial charge in [0.2, 0.25) is 10.0 Å². The van der Waals surface area contributed by atoms with Crippen LogP contribution in [0.3, 0.4) is 0 Å². The Bertz CT molecular complexity index is 786. The van der Waals surface area contributed by atoms with Gasteiger partial charge in [-0.3, -0.25) is 4.79 Å². The highest BCUT2D eigenvalue weighted by molar-refractivity contribution is 7.89. The monoisotopic (exact) mass is 391 g/mol. The first kappa shape index (κ1) is 18.9. The number of fused-ring (bicyclic) bond motifs is 1. The number of carbonyl (C=O) groups is 1. The Kier molecular flexibility index (Phi) is 5.03. The van der Waals surface area contributed by atoms with Gasteiger partial charge in [-0.25, -0.2) is 8.42 Å². The molecule has 3 heterocycles. The van der Waals surface area contributed by atoms with E-state index in [4.69, 9.17) is 0 Å². The molecule has 0 aliphatic carbocycles. The molecule has 7 heteroatoms. The van der Waals surface area contributed by atoms with Crippen LogP contribution in [0.2, 0.25) is 0 Å². The molecule has 4 rings (SSSR count). The molecular weight excluding hydrogens is 362 g/mol. The van der Waals surface area contributed by atoms with Crippen LogP contribution in [0.25, 0.3) is 0 Å². The molecule has 2 unspecified atom stereocenters. The molecule has 3 aliphatic rings. The number of sulfonamides is 1. The largest absolute Gasteiger partial charge is 0.338 e. The summed E-state index contributed by atoms with van der Waals surface area (Å²) in [6, 6.07) is 6.51. The lowest BCUT2D eigenvalue weighted by atomic mass is 9.94. The smallest absolute Gasteiger partial charge is 0.253 e. The van der Waals surface area contributed by atoms with Crippen LogP contribution in [-0.4, -0.2) is 62.8 Å². The zero-order chi connectivity index (χ0) is 19.2. The van der Waals surface area contributed by atoms with Gasteiger partial charge < -0.3 is 10.2 Å². The SMILES string of the molecule is CC1CC(C)CN(S(=O)(=O)c2ccc(C(=O)N3C[C@H]4CNC[C@H]4C3)cc2)C1. The number of rotatable bonds is 3. The molecular formula is C20H29N3O3S. The van der Waals surface area contributed by atoms with Crippen molar-refractivity contribution in [2.75, 3.05) is 39.3 Å². The van der Waals surface area contributed by atoms with Gasteiger partial charge >= 0.3 is 0 Å². The van der Waals surface area contributed by atoms with Gasteiger partial charge in [-0.1, -0.05) is 13.8 Å². The summed E-state index contributed by atoms with van der Waals surface area (Å²) in [5.74, 6) is 1.85. The Morgan fingerprint density at radius 1 is 0.963 bits per heavy atom. The van der Waals surface area contributed by atoms with E-state index in [2.05, 4.69) is 19.2 Å². The molecule has 148 valence electrons. The van der Waals surface area contributed by atoms with E-state index < -0.39 is 10.0 Å². The van der Waals surface area contributed by atoms with Gasteiger partial charge in [0.15, 0.2) is 0 Å². The maximum atomic E-state index is 13.0. The van der Waals surface area contributed by atoms with Crippen molar-refractivity contribution in [2.24, 2.45) is 23.7 Å². The number of likely N-dealkylation sites (tertiary alicyclic amines) is 1. The first-order valence-corrected chi connectivity index (χ1v) is 11.4. The van der Waals surface area contributed by atoms with E-state index in [1.807, 2.05) is 4.90 Å². The number of hydrogen-bond acceptors (Lipinski definition) is 4. The van der Waals surface area contributed by atoms with Crippen molar-refractivity contribution in [3.05, 3.63) is 29.8 Å². The van der Waals surface area contributed by atoms with Crippen LogP contribution < -0.4 is 5.32 Å². The lowest BCUT2D eigenvalue weighted by Gasteiger charge is -2.34. The van der Waals surface area contributed by atoms with E-state index in [-0.39, 0.29) is 10.8 Å². The molecule has 0 saturated carbocycles. The van der Waals surface area contributed by atoms with Crippen LogP contribution >= 0.6 is 0 Å². The van der Waals surface area contributed by atoms with Crippen LogP contribution in [0.5, 0.6) is 0 Å². The van der Waals surface area contributed by atoms with E-state index in [1.54, 1.807) is 28.6 Å². The fraction of sp³-hybridized carbons (Fsp3) is 0.650. The van der Waals surface area contributed by atoms with Crippen molar-refractivity contribution in [2.45, 2.75) is 25.2 Å².